The molecule has 2 heterocycles. The number of Topliss-reactive ketones (excluding diaryl/α,β-unsaturated/α-hetero) is 1. The molecule has 2 aromatic carbocycles. The van der Waals surface area contributed by atoms with E-state index in [4.69, 9.17) is 16.6 Å². The molecular formula is C23H18ClN3O2S. The van der Waals surface area contributed by atoms with Crippen LogP contribution in [-0.4, -0.2) is 21.2 Å². The van der Waals surface area contributed by atoms with Gasteiger partial charge < -0.3 is 9.88 Å². The van der Waals surface area contributed by atoms with Crippen molar-refractivity contribution in [2.75, 3.05) is 5.32 Å². The minimum atomic E-state index is -0.178. The van der Waals surface area contributed by atoms with Gasteiger partial charge in [0.1, 0.15) is 11.6 Å². The van der Waals surface area contributed by atoms with E-state index in [9.17, 15) is 9.59 Å². The van der Waals surface area contributed by atoms with Crippen LogP contribution in [0, 0.1) is 0 Å². The SMILES string of the molecule is CC(=O)c1cccc(NC(=O)Cn2cccc2-c2nc(-c3ccc(Cl)cc3)cs2)c1. The molecule has 0 aliphatic carbocycles. The number of rotatable bonds is 6. The Kier molecular flexibility index (Phi) is 5.79. The smallest absolute Gasteiger partial charge is 0.244 e. The van der Waals surface area contributed by atoms with Crippen LogP contribution >= 0.6 is 22.9 Å². The van der Waals surface area contributed by atoms with Crippen molar-refractivity contribution in [3.05, 3.63) is 82.8 Å². The molecule has 1 N–H and O–H groups in total. The van der Waals surface area contributed by atoms with Gasteiger partial charge in [0.25, 0.3) is 0 Å². The lowest BCUT2D eigenvalue weighted by atomic mass is 10.1. The third-order valence-corrected chi connectivity index (χ3v) is 5.68. The van der Waals surface area contributed by atoms with Gasteiger partial charge in [-0.1, -0.05) is 35.9 Å². The van der Waals surface area contributed by atoms with E-state index in [2.05, 4.69) is 5.32 Å². The van der Waals surface area contributed by atoms with E-state index in [-0.39, 0.29) is 18.2 Å². The summed E-state index contributed by atoms with van der Waals surface area (Å²) in [5.74, 6) is -0.221. The molecule has 0 saturated heterocycles. The first-order chi connectivity index (χ1) is 14.5. The minimum Gasteiger partial charge on any atom is -0.336 e. The molecule has 0 aliphatic rings. The van der Waals surface area contributed by atoms with Crippen molar-refractivity contribution < 1.29 is 9.59 Å². The molecule has 4 aromatic rings. The fourth-order valence-corrected chi connectivity index (χ4v) is 4.06. The highest BCUT2D eigenvalue weighted by Gasteiger charge is 2.13. The van der Waals surface area contributed by atoms with Crippen LogP contribution in [0.25, 0.3) is 22.0 Å². The second-order valence-electron chi connectivity index (χ2n) is 6.75. The number of benzene rings is 2. The van der Waals surface area contributed by atoms with Gasteiger partial charge in [0.15, 0.2) is 5.78 Å². The molecule has 0 radical (unpaired) electrons. The van der Waals surface area contributed by atoms with E-state index >= 15 is 0 Å². The number of aromatic nitrogens is 2. The number of carbonyl (C=O) groups excluding carboxylic acids is 2. The van der Waals surface area contributed by atoms with Crippen LogP contribution in [0.4, 0.5) is 5.69 Å². The largest absolute Gasteiger partial charge is 0.336 e. The van der Waals surface area contributed by atoms with Gasteiger partial charge in [-0.2, -0.15) is 0 Å². The number of hydrogen-bond donors (Lipinski definition) is 1. The lowest BCUT2D eigenvalue weighted by Gasteiger charge is -2.09. The molecule has 150 valence electrons. The summed E-state index contributed by atoms with van der Waals surface area (Å²) in [6.07, 6.45) is 1.85. The van der Waals surface area contributed by atoms with Gasteiger partial charge in [-0.3, -0.25) is 9.59 Å². The maximum absolute atomic E-state index is 12.6. The zero-order valence-electron chi connectivity index (χ0n) is 16.1. The highest BCUT2D eigenvalue weighted by molar-refractivity contribution is 7.13. The maximum atomic E-state index is 12.6. The van der Waals surface area contributed by atoms with E-state index in [0.717, 1.165) is 22.0 Å². The number of ketones is 1. The Hall–Kier alpha value is -3.22. The number of carbonyl (C=O) groups is 2. The summed E-state index contributed by atoms with van der Waals surface area (Å²) in [4.78, 5) is 28.8. The van der Waals surface area contributed by atoms with Crippen LogP contribution in [0.2, 0.25) is 5.02 Å². The van der Waals surface area contributed by atoms with Crippen LogP contribution in [0.1, 0.15) is 17.3 Å². The predicted molar refractivity (Wildman–Crippen MR) is 121 cm³/mol. The number of anilines is 1. The first-order valence-electron chi connectivity index (χ1n) is 9.27. The number of nitrogens with zero attached hydrogens (tertiary/aromatic N) is 2. The van der Waals surface area contributed by atoms with E-state index in [0.29, 0.717) is 16.3 Å². The van der Waals surface area contributed by atoms with Gasteiger partial charge in [-0.15, -0.1) is 11.3 Å². The van der Waals surface area contributed by atoms with Gasteiger partial charge in [0, 0.05) is 33.4 Å². The highest BCUT2D eigenvalue weighted by atomic mass is 35.5. The Morgan fingerprint density at radius 2 is 1.90 bits per heavy atom. The molecule has 30 heavy (non-hydrogen) atoms. The Morgan fingerprint density at radius 1 is 1.10 bits per heavy atom. The van der Waals surface area contributed by atoms with Gasteiger partial charge >= 0.3 is 0 Å². The maximum Gasteiger partial charge on any atom is 0.244 e. The van der Waals surface area contributed by atoms with Crippen molar-refractivity contribution in [2.45, 2.75) is 13.5 Å². The molecule has 0 saturated carbocycles. The fraction of sp³-hybridized carbons (Fsp3) is 0.0870. The minimum absolute atomic E-state index is 0.0425. The van der Waals surface area contributed by atoms with E-state index in [1.807, 2.05) is 52.5 Å². The fourth-order valence-electron chi connectivity index (χ4n) is 3.06. The second kappa shape index (κ2) is 8.65. The predicted octanol–water partition coefficient (Wildman–Crippen LogP) is 5.77. The molecular weight excluding hydrogens is 418 g/mol. The number of thiazole rings is 1. The van der Waals surface area contributed by atoms with Crippen molar-refractivity contribution in [1.29, 1.82) is 0 Å². The van der Waals surface area contributed by atoms with Crippen molar-refractivity contribution in [1.82, 2.24) is 9.55 Å². The average molecular weight is 436 g/mol. The molecule has 2 aromatic heterocycles. The van der Waals surface area contributed by atoms with Crippen LogP contribution in [0.5, 0.6) is 0 Å². The monoisotopic (exact) mass is 435 g/mol. The number of halogens is 1. The molecule has 1 amide bonds. The van der Waals surface area contributed by atoms with Crippen molar-refractivity contribution in [3.8, 4) is 22.0 Å². The molecule has 0 unspecified atom stereocenters. The quantitative estimate of drug-likeness (QED) is 0.391. The molecule has 5 nitrogen and oxygen atoms in total. The standard InChI is InChI=1S/C23H18ClN3O2S/c1-15(28)17-4-2-5-19(12-17)25-22(29)13-27-11-3-6-21(27)23-26-20(14-30-23)16-7-9-18(24)10-8-16/h2-12,14H,13H2,1H3,(H,25,29). The zero-order chi connectivity index (χ0) is 21.1. The molecule has 0 bridgehead atoms. The summed E-state index contributed by atoms with van der Waals surface area (Å²) in [5.41, 5.74) is 3.88. The number of amides is 1. The normalized spacial score (nSPS) is 10.7. The third-order valence-electron chi connectivity index (χ3n) is 4.56. The molecule has 0 spiro atoms. The summed E-state index contributed by atoms with van der Waals surface area (Å²) < 4.78 is 1.86. The molecule has 0 aliphatic heterocycles. The van der Waals surface area contributed by atoms with Gasteiger partial charge in [0.05, 0.1) is 11.4 Å². The highest BCUT2D eigenvalue weighted by Crippen LogP contribution is 2.30. The number of hydrogen-bond acceptors (Lipinski definition) is 4. The van der Waals surface area contributed by atoms with Crippen LogP contribution < -0.4 is 5.32 Å². The lowest BCUT2D eigenvalue weighted by Crippen LogP contribution is -2.19. The van der Waals surface area contributed by atoms with Gasteiger partial charge in [-0.25, -0.2) is 4.98 Å². The van der Waals surface area contributed by atoms with Crippen molar-refractivity contribution in [3.63, 3.8) is 0 Å². The summed E-state index contributed by atoms with van der Waals surface area (Å²) in [6.45, 7) is 1.64. The van der Waals surface area contributed by atoms with E-state index in [1.54, 1.807) is 24.3 Å². The van der Waals surface area contributed by atoms with Crippen LogP contribution in [0.3, 0.4) is 0 Å². The van der Waals surface area contributed by atoms with Gasteiger partial charge in [-0.05, 0) is 43.3 Å². The Balaban J connectivity index is 1.50. The van der Waals surface area contributed by atoms with Gasteiger partial charge in [0.2, 0.25) is 5.91 Å². The van der Waals surface area contributed by atoms with E-state index in [1.165, 1.54) is 18.3 Å². The Morgan fingerprint density at radius 3 is 2.67 bits per heavy atom. The Labute approximate surface area is 183 Å². The number of nitrogens with one attached hydrogen (secondary N) is 1. The molecule has 7 heteroatoms. The molecule has 0 fully saturated rings. The summed E-state index contributed by atoms with van der Waals surface area (Å²) in [7, 11) is 0. The topological polar surface area (TPSA) is 64.0 Å². The average Bonchev–Trinajstić information content (AvgIpc) is 3.38. The zero-order valence-corrected chi connectivity index (χ0v) is 17.7. The van der Waals surface area contributed by atoms with Crippen molar-refractivity contribution >= 4 is 40.3 Å². The van der Waals surface area contributed by atoms with Crippen LogP contribution in [-0.2, 0) is 11.3 Å². The Bertz CT molecular complexity index is 1210. The van der Waals surface area contributed by atoms with Crippen LogP contribution in [0.15, 0.2) is 72.2 Å². The molecule has 0 atom stereocenters. The lowest BCUT2D eigenvalue weighted by molar-refractivity contribution is -0.116. The molecule has 4 rings (SSSR count). The second-order valence-corrected chi connectivity index (χ2v) is 8.05. The first-order valence-corrected chi connectivity index (χ1v) is 10.5. The summed E-state index contributed by atoms with van der Waals surface area (Å²) >= 11 is 7.48. The van der Waals surface area contributed by atoms with Crippen molar-refractivity contribution in [2.24, 2.45) is 0 Å². The van der Waals surface area contributed by atoms with E-state index < -0.39 is 0 Å². The first kappa shape index (κ1) is 20.1. The summed E-state index contributed by atoms with van der Waals surface area (Å²) in [5, 5.41) is 6.35. The summed E-state index contributed by atoms with van der Waals surface area (Å²) in [6, 6.07) is 18.3. The third kappa shape index (κ3) is 4.50.